The third-order valence-electron chi connectivity index (χ3n) is 18.8. The topological polar surface area (TPSA) is 175 Å². The summed E-state index contributed by atoms with van der Waals surface area (Å²) in [6.07, 6.45) is 12.3. The monoisotopic (exact) mass is 1710 g/mol. The molecule has 108 heavy (non-hydrogen) atoms. The SMILES string of the molecule is C.C.C.C.C.C.CNC(=O)c1c(C)c(C)c(C)c(C)c1SSC.CNC(=O)c1c(C)c(C)c(C)c(SSC)c1C.CNC(=O)c1c(C)c(C)c(SSC)c(C)c1C.CSSc1c(C)c(C)c(C)c(C)c1NC(C)=O.CSSc1c(C)c(C)c(C)c(NC(C)=O)c1C.CSSc1c(C)c(C)c(NC(C)=O)c(C)c1C. The van der Waals surface area contributed by atoms with Crippen LogP contribution in [-0.2, 0) is 14.4 Å². The zero-order chi connectivity index (χ0) is 79.0. The van der Waals surface area contributed by atoms with Gasteiger partial charge in [-0.1, -0.05) is 174 Å². The first kappa shape index (κ1) is 115. The van der Waals surface area contributed by atoms with Crippen molar-refractivity contribution in [2.45, 2.75) is 261 Å². The van der Waals surface area contributed by atoms with E-state index in [-0.39, 0.29) is 80.0 Å². The fourth-order valence-electron chi connectivity index (χ4n) is 11.3. The molecule has 0 aliphatic heterocycles. The van der Waals surface area contributed by atoms with Crippen molar-refractivity contribution < 1.29 is 28.8 Å². The molecule has 0 aliphatic rings. The summed E-state index contributed by atoms with van der Waals surface area (Å²) in [5.74, 6) is -0.0262. The molecule has 0 unspecified atom stereocenters. The smallest absolute Gasteiger partial charge is 0.252 e. The number of carbonyl (C=O) groups is 6. The van der Waals surface area contributed by atoms with E-state index in [1.54, 1.807) is 171 Å². The van der Waals surface area contributed by atoms with Gasteiger partial charge in [0.1, 0.15) is 0 Å². The molecule has 6 aromatic rings. The van der Waals surface area contributed by atoms with Crippen LogP contribution in [0.25, 0.3) is 0 Å². The second kappa shape index (κ2) is 55.0. The Morgan fingerprint density at radius 3 is 0.713 bits per heavy atom. The molecule has 6 amide bonds. The van der Waals surface area contributed by atoms with Crippen LogP contribution in [0.15, 0.2) is 29.4 Å². The quantitative estimate of drug-likeness (QED) is 0.0448. The first-order valence-corrected chi connectivity index (χ1v) is 48.2. The molecule has 12 nitrogen and oxygen atoms in total. The van der Waals surface area contributed by atoms with Crippen LogP contribution in [0.1, 0.15) is 230 Å². The molecule has 0 atom stereocenters. The highest BCUT2D eigenvalue weighted by molar-refractivity contribution is 8.78. The van der Waals surface area contributed by atoms with Gasteiger partial charge in [-0.2, -0.15) is 0 Å². The summed E-state index contributed by atoms with van der Waals surface area (Å²) in [6.45, 7) is 54.7. The van der Waals surface area contributed by atoms with Gasteiger partial charge in [-0.3, -0.25) is 28.8 Å². The standard InChI is InChI=1S/6C13H19NOS2.6CH4/c1-7-9(3)12(17-16-6)10(4)8(2)11(7)13(15)14-5;1-7-9(3)13(17-16-6)10(4)8(2)12(7)14-11(5)15;1-7-8(2)11(13(15)14-5)10(4)12(9(7)3)17-16-6;1-7-8(2)12(14-11(5)15)10(4)13(9(7)3)17-16-6;1-7-8(2)10(4)12(17-16-6)11(9(7)3)13(15)14-5;1-7-8(2)10(4)13(17-16-6)12(9(7)3)14-11(5)15;;;;;;/h6*1-6H3,(H,14,15);6*1H4. The predicted molar refractivity (Wildman–Crippen MR) is 512 cm³/mol. The van der Waals surface area contributed by atoms with Crippen molar-refractivity contribution in [2.75, 3.05) is 74.6 Å². The second-order valence-electron chi connectivity index (χ2n) is 24.5. The molecule has 0 spiro atoms. The minimum absolute atomic E-state index is 0. The number of nitrogens with one attached hydrogen (secondary N) is 6. The van der Waals surface area contributed by atoms with Crippen LogP contribution in [0.2, 0.25) is 0 Å². The van der Waals surface area contributed by atoms with Crippen LogP contribution >= 0.6 is 130 Å². The highest BCUT2D eigenvalue weighted by Gasteiger charge is 2.24. The van der Waals surface area contributed by atoms with Gasteiger partial charge in [0.15, 0.2) is 0 Å². The highest BCUT2D eigenvalue weighted by Crippen LogP contribution is 2.46. The first-order chi connectivity index (χ1) is 47.5. The molecule has 0 aromatic heterocycles. The number of rotatable bonds is 18. The average Bonchev–Trinajstić information content (AvgIpc) is 0.823. The lowest BCUT2D eigenvalue weighted by Gasteiger charge is -2.19. The van der Waals surface area contributed by atoms with E-state index in [1.807, 2.05) is 47.1 Å². The second-order valence-corrected chi connectivity index (χ2v) is 39.0. The maximum atomic E-state index is 12.0. The lowest BCUT2D eigenvalue weighted by Crippen LogP contribution is -2.21. The van der Waals surface area contributed by atoms with E-state index < -0.39 is 0 Å². The van der Waals surface area contributed by atoms with Gasteiger partial charge in [-0.15, -0.1) is 0 Å². The van der Waals surface area contributed by atoms with E-state index in [0.29, 0.717) is 0 Å². The molecule has 24 heteroatoms. The van der Waals surface area contributed by atoms with E-state index in [1.165, 1.54) is 130 Å². The Labute approximate surface area is 705 Å². The molecule has 6 rings (SSSR count). The van der Waals surface area contributed by atoms with Gasteiger partial charge in [-0.05, 0) is 337 Å². The van der Waals surface area contributed by atoms with Gasteiger partial charge in [0, 0.05) is 93.8 Å². The minimum atomic E-state index is -0.0151. The Balaban J connectivity index is -0.000000286. The third kappa shape index (κ3) is 29.6. The van der Waals surface area contributed by atoms with Crippen molar-refractivity contribution in [2.24, 2.45) is 0 Å². The van der Waals surface area contributed by atoms with Crippen LogP contribution in [0.4, 0.5) is 17.1 Å². The number of anilines is 3. The van der Waals surface area contributed by atoms with Gasteiger partial charge in [0.25, 0.3) is 17.7 Å². The molecule has 0 bridgehead atoms. The summed E-state index contributed by atoms with van der Waals surface area (Å²) < 4.78 is 0. The van der Waals surface area contributed by atoms with E-state index in [2.05, 4.69) is 188 Å². The van der Waals surface area contributed by atoms with Crippen molar-refractivity contribution >= 4 is 182 Å². The van der Waals surface area contributed by atoms with Crippen LogP contribution in [0.3, 0.4) is 0 Å². The molecule has 0 fully saturated rings. The predicted octanol–water partition coefficient (Wildman–Crippen LogP) is 27.5. The Morgan fingerprint density at radius 2 is 0.380 bits per heavy atom. The normalized spacial score (nSPS) is 9.89. The van der Waals surface area contributed by atoms with Crippen molar-refractivity contribution in [3.8, 4) is 0 Å². The van der Waals surface area contributed by atoms with Crippen molar-refractivity contribution in [1.29, 1.82) is 0 Å². The number of carbonyl (C=O) groups excluding carboxylic acids is 6. The van der Waals surface area contributed by atoms with Crippen LogP contribution in [-0.4, -0.2) is 94.1 Å². The van der Waals surface area contributed by atoms with E-state index >= 15 is 0 Å². The van der Waals surface area contributed by atoms with Gasteiger partial charge in [-0.25, -0.2) is 0 Å². The number of hydrogen-bond donors (Lipinski definition) is 6. The summed E-state index contributed by atoms with van der Waals surface area (Å²) in [5.41, 5.74) is 34.2. The number of benzene rings is 6. The lowest BCUT2D eigenvalue weighted by molar-refractivity contribution is -0.115. The zero-order valence-electron chi connectivity index (χ0n) is 67.3. The molecule has 6 N–H and O–H groups in total. The summed E-state index contributed by atoms with van der Waals surface area (Å²) in [6, 6.07) is 0. The molecule has 0 saturated carbocycles. The van der Waals surface area contributed by atoms with Crippen LogP contribution < -0.4 is 31.9 Å². The van der Waals surface area contributed by atoms with Crippen molar-refractivity contribution in [3.63, 3.8) is 0 Å². The van der Waals surface area contributed by atoms with E-state index in [0.717, 1.165) is 66.5 Å². The van der Waals surface area contributed by atoms with Gasteiger partial charge < -0.3 is 31.9 Å². The molecular formula is C84H138N6O6S12. The summed E-state index contributed by atoms with van der Waals surface area (Å²) in [4.78, 5) is 77.0. The van der Waals surface area contributed by atoms with Crippen LogP contribution in [0, 0.1) is 166 Å². The van der Waals surface area contributed by atoms with E-state index in [9.17, 15) is 28.8 Å². The van der Waals surface area contributed by atoms with Crippen molar-refractivity contribution in [3.05, 3.63) is 150 Å². The molecule has 0 aliphatic carbocycles. The molecular weight excluding hydrogens is 1570 g/mol. The molecule has 0 heterocycles. The van der Waals surface area contributed by atoms with Crippen molar-refractivity contribution in [1.82, 2.24) is 16.0 Å². The van der Waals surface area contributed by atoms with Gasteiger partial charge in [0.2, 0.25) is 17.7 Å². The maximum absolute atomic E-state index is 12.0. The molecule has 6 aromatic carbocycles. The zero-order valence-corrected chi connectivity index (χ0v) is 77.1. The Morgan fingerprint density at radius 1 is 0.204 bits per heavy atom. The fraction of sp³-hybridized carbons (Fsp3) is 0.500. The fourth-order valence-corrected chi connectivity index (χ4v) is 22.9. The van der Waals surface area contributed by atoms with Gasteiger partial charge >= 0.3 is 0 Å². The lowest BCUT2D eigenvalue weighted by atomic mass is 9.93. The Hall–Kier alpha value is -3.66. The summed E-state index contributed by atoms with van der Waals surface area (Å²) in [7, 11) is 25.8. The molecule has 0 radical (unpaired) electrons. The summed E-state index contributed by atoms with van der Waals surface area (Å²) >= 11 is 0. The van der Waals surface area contributed by atoms with E-state index in [4.69, 9.17) is 0 Å². The largest absolute Gasteiger partial charge is 0.355 e. The number of amides is 6. The minimum Gasteiger partial charge on any atom is -0.355 e. The molecule has 612 valence electrons. The van der Waals surface area contributed by atoms with Gasteiger partial charge in [0.05, 0.1) is 11.3 Å². The number of hydrogen-bond acceptors (Lipinski definition) is 18. The average molecular weight is 1710 g/mol. The third-order valence-corrected chi connectivity index (χ3v) is 30.2. The Kier molecular flexibility index (Phi) is 58.6. The Bertz CT molecular complexity index is 4000. The molecule has 0 saturated heterocycles. The highest BCUT2D eigenvalue weighted by atomic mass is 33.1. The first-order valence-electron chi connectivity index (χ1n) is 32.9. The summed E-state index contributed by atoms with van der Waals surface area (Å²) in [5, 5.41) is 17.0. The maximum Gasteiger partial charge on any atom is 0.252 e. The van der Waals surface area contributed by atoms with Crippen LogP contribution in [0.5, 0.6) is 0 Å².